The van der Waals surface area contributed by atoms with Crippen LogP contribution in [0.25, 0.3) is 0 Å². The average Bonchev–Trinajstić information content (AvgIpc) is 2.77. The van der Waals surface area contributed by atoms with Crippen molar-refractivity contribution in [1.29, 1.82) is 0 Å². The molecule has 1 saturated carbocycles. The van der Waals surface area contributed by atoms with E-state index >= 15 is 0 Å². The highest BCUT2D eigenvalue weighted by molar-refractivity contribution is 5.43. The molecule has 0 radical (unpaired) electrons. The van der Waals surface area contributed by atoms with Crippen LogP contribution in [-0.4, -0.2) is 29.1 Å². The molecule has 0 bridgehead atoms. The number of piperidine rings is 1. The largest absolute Gasteiger partial charge is 0.356 e. The molecule has 2 heterocycles. The van der Waals surface area contributed by atoms with Crippen LogP contribution in [0.15, 0.2) is 12.3 Å². The Kier molecular flexibility index (Phi) is 4.94. The summed E-state index contributed by atoms with van der Waals surface area (Å²) in [7, 11) is 0. The molecule has 0 aromatic carbocycles. The van der Waals surface area contributed by atoms with Gasteiger partial charge in [-0.05, 0) is 37.7 Å². The van der Waals surface area contributed by atoms with Crippen molar-refractivity contribution >= 4 is 11.8 Å². The molecule has 4 nitrogen and oxygen atoms in total. The minimum absolute atomic E-state index is 0.559. The maximum absolute atomic E-state index is 4.75. The van der Waals surface area contributed by atoms with Crippen LogP contribution in [0, 0.1) is 5.92 Å². The van der Waals surface area contributed by atoms with E-state index < -0.39 is 0 Å². The van der Waals surface area contributed by atoms with Crippen LogP contribution in [0.5, 0.6) is 0 Å². The van der Waals surface area contributed by atoms with E-state index in [2.05, 4.69) is 22.1 Å². The Morgan fingerprint density at radius 3 is 2.48 bits per heavy atom. The zero-order valence-electron chi connectivity index (χ0n) is 13.2. The highest BCUT2D eigenvalue weighted by Gasteiger charge is 2.18. The van der Waals surface area contributed by atoms with Crippen molar-refractivity contribution in [2.24, 2.45) is 5.92 Å². The quantitative estimate of drug-likeness (QED) is 0.858. The zero-order valence-corrected chi connectivity index (χ0v) is 13.2. The first-order valence-electron chi connectivity index (χ1n) is 8.66. The Labute approximate surface area is 128 Å². The fraction of sp³-hybridized carbons (Fsp3) is 0.765. The topological polar surface area (TPSA) is 41.1 Å². The molecule has 4 heteroatoms. The normalized spacial score (nSPS) is 22.0. The van der Waals surface area contributed by atoms with Gasteiger partial charge < -0.3 is 10.2 Å². The molecule has 1 saturated heterocycles. The van der Waals surface area contributed by atoms with Crippen molar-refractivity contribution in [2.75, 3.05) is 23.3 Å². The molecule has 1 aliphatic carbocycles. The third kappa shape index (κ3) is 4.08. The fourth-order valence-corrected chi connectivity index (χ4v) is 3.44. The highest BCUT2D eigenvalue weighted by atomic mass is 15.2. The van der Waals surface area contributed by atoms with Gasteiger partial charge in [-0.25, -0.2) is 4.98 Å². The molecule has 0 unspecified atom stereocenters. The van der Waals surface area contributed by atoms with Crippen molar-refractivity contribution in [2.45, 2.75) is 64.3 Å². The number of aromatic nitrogens is 2. The third-order valence-electron chi connectivity index (χ3n) is 4.94. The fourth-order valence-electron chi connectivity index (χ4n) is 3.44. The molecule has 0 spiro atoms. The molecule has 2 aliphatic rings. The van der Waals surface area contributed by atoms with Gasteiger partial charge in [-0.3, -0.25) is 0 Å². The molecule has 1 N–H and O–H groups in total. The van der Waals surface area contributed by atoms with Crippen LogP contribution < -0.4 is 10.2 Å². The Hall–Kier alpha value is -1.32. The van der Waals surface area contributed by atoms with Gasteiger partial charge in [0.2, 0.25) is 5.95 Å². The predicted molar refractivity (Wildman–Crippen MR) is 87.8 cm³/mol. The molecule has 0 amide bonds. The smallest absolute Gasteiger partial charge is 0.224 e. The SMILES string of the molecule is CC1CCN(c2ccnc(NC3CCCCCC3)n2)CC1. The van der Waals surface area contributed by atoms with Gasteiger partial charge in [-0.1, -0.05) is 32.6 Å². The van der Waals surface area contributed by atoms with E-state index in [-0.39, 0.29) is 0 Å². The van der Waals surface area contributed by atoms with Gasteiger partial charge in [0.25, 0.3) is 0 Å². The summed E-state index contributed by atoms with van der Waals surface area (Å²) < 4.78 is 0. The minimum Gasteiger partial charge on any atom is -0.356 e. The van der Waals surface area contributed by atoms with Crippen LogP contribution in [0.2, 0.25) is 0 Å². The second-order valence-electron chi connectivity index (χ2n) is 6.74. The summed E-state index contributed by atoms with van der Waals surface area (Å²) in [5, 5.41) is 3.56. The van der Waals surface area contributed by atoms with Crippen LogP contribution in [-0.2, 0) is 0 Å². The lowest BCUT2D eigenvalue weighted by molar-refractivity contribution is 0.436. The predicted octanol–water partition coefficient (Wildman–Crippen LogP) is 3.85. The summed E-state index contributed by atoms with van der Waals surface area (Å²) in [6.07, 6.45) is 12.4. The first-order chi connectivity index (χ1) is 10.3. The Bertz CT molecular complexity index is 432. The lowest BCUT2D eigenvalue weighted by Gasteiger charge is -2.31. The van der Waals surface area contributed by atoms with Crippen molar-refractivity contribution in [3.05, 3.63) is 12.3 Å². The van der Waals surface area contributed by atoms with Gasteiger partial charge in [0.15, 0.2) is 0 Å². The van der Waals surface area contributed by atoms with Gasteiger partial charge in [-0.15, -0.1) is 0 Å². The minimum atomic E-state index is 0.559. The standard InChI is InChI=1S/C17H28N4/c1-14-9-12-21(13-10-14)16-8-11-18-17(20-16)19-15-6-4-2-3-5-7-15/h8,11,14-15H,2-7,9-10,12-13H2,1H3,(H,18,19,20). The van der Waals surface area contributed by atoms with Crippen LogP contribution in [0.1, 0.15) is 58.3 Å². The third-order valence-corrected chi connectivity index (χ3v) is 4.94. The molecule has 0 atom stereocenters. The molecular formula is C17H28N4. The number of rotatable bonds is 3. The van der Waals surface area contributed by atoms with Crippen LogP contribution >= 0.6 is 0 Å². The van der Waals surface area contributed by atoms with Crippen LogP contribution in [0.3, 0.4) is 0 Å². The zero-order chi connectivity index (χ0) is 14.5. The van der Waals surface area contributed by atoms with E-state index in [1.807, 2.05) is 12.3 Å². The molecule has 3 rings (SSSR count). The maximum Gasteiger partial charge on any atom is 0.224 e. The Balaban J connectivity index is 1.62. The van der Waals surface area contributed by atoms with Gasteiger partial charge in [0.1, 0.15) is 5.82 Å². The maximum atomic E-state index is 4.75. The molecule has 1 aromatic rings. The van der Waals surface area contributed by atoms with Gasteiger partial charge in [-0.2, -0.15) is 4.98 Å². The monoisotopic (exact) mass is 288 g/mol. The van der Waals surface area contributed by atoms with E-state index in [0.717, 1.165) is 30.8 Å². The van der Waals surface area contributed by atoms with E-state index in [4.69, 9.17) is 4.98 Å². The van der Waals surface area contributed by atoms with Gasteiger partial charge >= 0.3 is 0 Å². The second kappa shape index (κ2) is 7.10. The lowest BCUT2D eigenvalue weighted by atomic mass is 9.99. The van der Waals surface area contributed by atoms with Crippen molar-refractivity contribution in [3.63, 3.8) is 0 Å². The summed E-state index contributed by atoms with van der Waals surface area (Å²) in [6.45, 7) is 4.60. The highest BCUT2D eigenvalue weighted by Crippen LogP contribution is 2.23. The number of hydrogen-bond donors (Lipinski definition) is 1. The summed E-state index contributed by atoms with van der Waals surface area (Å²) in [5.41, 5.74) is 0. The molecule has 21 heavy (non-hydrogen) atoms. The average molecular weight is 288 g/mol. The molecule has 116 valence electrons. The lowest BCUT2D eigenvalue weighted by Crippen LogP contribution is -2.33. The first kappa shape index (κ1) is 14.6. The van der Waals surface area contributed by atoms with Crippen molar-refractivity contribution in [1.82, 2.24) is 9.97 Å². The van der Waals surface area contributed by atoms with E-state index in [1.54, 1.807) is 0 Å². The Morgan fingerprint density at radius 1 is 1.05 bits per heavy atom. The van der Waals surface area contributed by atoms with E-state index in [1.165, 1.54) is 51.4 Å². The second-order valence-corrected chi connectivity index (χ2v) is 6.74. The molecule has 1 aliphatic heterocycles. The molecular weight excluding hydrogens is 260 g/mol. The summed E-state index contributed by atoms with van der Waals surface area (Å²) in [5.74, 6) is 2.76. The van der Waals surface area contributed by atoms with Gasteiger partial charge in [0, 0.05) is 25.3 Å². The summed E-state index contributed by atoms with van der Waals surface area (Å²) in [4.78, 5) is 11.6. The summed E-state index contributed by atoms with van der Waals surface area (Å²) >= 11 is 0. The van der Waals surface area contributed by atoms with E-state index in [0.29, 0.717) is 6.04 Å². The first-order valence-corrected chi connectivity index (χ1v) is 8.66. The number of anilines is 2. The van der Waals surface area contributed by atoms with Crippen LogP contribution in [0.4, 0.5) is 11.8 Å². The van der Waals surface area contributed by atoms with Crippen molar-refractivity contribution < 1.29 is 0 Å². The number of hydrogen-bond acceptors (Lipinski definition) is 4. The Morgan fingerprint density at radius 2 is 1.76 bits per heavy atom. The van der Waals surface area contributed by atoms with Crippen molar-refractivity contribution in [3.8, 4) is 0 Å². The number of nitrogens with zero attached hydrogens (tertiary/aromatic N) is 3. The van der Waals surface area contributed by atoms with E-state index in [9.17, 15) is 0 Å². The van der Waals surface area contributed by atoms with Gasteiger partial charge in [0.05, 0.1) is 0 Å². The summed E-state index contributed by atoms with van der Waals surface area (Å²) in [6, 6.07) is 2.61. The number of nitrogens with one attached hydrogen (secondary N) is 1. The molecule has 1 aromatic heterocycles. The molecule has 2 fully saturated rings.